The van der Waals surface area contributed by atoms with Crippen molar-refractivity contribution in [1.29, 1.82) is 0 Å². The second-order valence-electron chi connectivity index (χ2n) is 7.28. The molecule has 7 heteroatoms. The number of urea groups is 1. The molecular formula is C23H29N5O2. The number of anilines is 1. The van der Waals surface area contributed by atoms with E-state index in [1.165, 1.54) is 0 Å². The zero-order valence-electron chi connectivity index (χ0n) is 18.0. The molecule has 0 bridgehead atoms. The summed E-state index contributed by atoms with van der Waals surface area (Å²) in [5.74, 6) is 0.0987. The molecule has 2 heterocycles. The van der Waals surface area contributed by atoms with Crippen LogP contribution in [-0.4, -0.2) is 51.4 Å². The zero-order valence-corrected chi connectivity index (χ0v) is 18.0. The second kappa shape index (κ2) is 9.43. The summed E-state index contributed by atoms with van der Waals surface area (Å²) in [6.45, 7) is 7.66. The maximum atomic E-state index is 12.7. The summed E-state index contributed by atoms with van der Waals surface area (Å²) < 4.78 is 1.94. The van der Waals surface area contributed by atoms with Crippen molar-refractivity contribution in [3.8, 4) is 0 Å². The summed E-state index contributed by atoms with van der Waals surface area (Å²) in [7, 11) is 1.77. The fourth-order valence-electron chi connectivity index (χ4n) is 3.49. The number of nitrogens with zero attached hydrogens (tertiary/aromatic N) is 4. The van der Waals surface area contributed by atoms with Crippen LogP contribution in [0.2, 0.25) is 0 Å². The normalized spacial score (nSPS) is 11.9. The van der Waals surface area contributed by atoms with Crippen LogP contribution >= 0.6 is 0 Å². The largest absolute Gasteiger partial charge is 0.342 e. The van der Waals surface area contributed by atoms with Gasteiger partial charge in [-0.1, -0.05) is 0 Å². The van der Waals surface area contributed by atoms with E-state index in [2.05, 4.69) is 10.3 Å². The Morgan fingerprint density at radius 2 is 1.80 bits per heavy atom. The van der Waals surface area contributed by atoms with Gasteiger partial charge in [-0.2, -0.15) is 0 Å². The lowest BCUT2D eigenvalue weighted by Crippen LogP contribution is -2.33. The van der Waals surface area contributed by atoms with Gasteiger partial charge in [0.05, 0.1) is 6.04 Å². The molecular weight excluding hydrogens is 378 g/mol. The van der Waals surface area contributed by atoms with Gasteiger partial charge in [-0.25, -0.2) is 4.79 Å². The van der Waals surface area contributed by atoms with Crippen LogP contribution in [0, 0.1) is 0 Å². The molecule has 30 heavy (non-hydrogen) atoms. The minimum absolute atomic E-state index is 0.0797. The maximum Gasteiger partial charge on any atom is 0.322 e. The highest BCUT2D eigenvalue weighted by Gasteiger charge is 2.18. The molecule has 1 aromatic carbocycles. The molecule has 3 amide bonds. The van der Waals surface area contributed by atoms with Crippen LogP contribution in [0.15, 0.2) is 55.0 Å². The number of benzene rings is 1. The van der Waals surface area contributed by atoms with E-state index in [0.717, 1.165) is 16.5 Å². The number of fused-ring (bicyclic) bond motifs is 1. The molecule has 1 atom stereocenters. The molecule has 158 valence electrons. The van der Waals surface area contributed by atoms with Gasteiger partial charge in [-0.15, -0.1) is 0 Å². The van der Waals surface area contributed by atoms with Crippen molar-refractivity contribution < 1.29 is 9.59 Å². The molecule has 1 unspecified atom stereocenters. The Balaban J connectivity index is 1.70. The Kier molecular flexibility index (Phi) is 6.72. The van der Waals surface area contributed by atoms with Gasteiger partial charge in [0.25, 0.3) is 0 Å². The molecule has 2 aromatic heterocycles. The van der Waals surface area contributed by atoms with Gasteiger partial charge < -0.3 is 19.7 Å². The topological polar surface area (TPSA) is 70.5 Å². The first kappa shape index (κ1) is 21.4. The van der Waals surface area contributed by atoms with Gasteiger partial charge in [0, 0.05) is 55.3 Å². The molecule has 7 nitrogen and oxygen atoms in total. The van der Waals surface area contributed by atoms with Crippen LogP contribution in [0.25, 0.3) is 10.9 Å². The van der Waals surface area contributed by atoms with E-state index in [4.69, 9.17) is 0 Å². The molecule has 0 spiro atoms. The number of rotatable bonds is 7. The number of amides is 3. The second-order valence-corrected chi connectivity index (χ2v) is 7.28. The summed E-state index contributed by atoms with van der Waals surface area (Å²) in [5, 5.41) is 3.93. The number of carbonyl (C=O) groups excluding carboxylic acids is 2. The summed E-state index contributed by atoms with van der Waals surface area (Å²) in [6, 6.07) is 11.2. The number of carbonyl (C=O) groups is 2. The van der Waals surface area contributed by atoms with Gasteiger partial charge in [0.1, 0.15) is 6.54 Å². The van der Waals surface area contributed by atoms with Gasteiger partial charge in [0.2, 0.25) is 5.91 Å². The first-order chi connectivity index (χ1) is 14.4. The average molecular weight is 408 g/mol. The fraction of sp³-hybridized carbons (Fsp3) is 0.348. The van der Waals surface area contributed by atoms with Crippen molar-refractivity contribution in [2.24, 2.45) is 0 Å². The van der Waals surface area contributed by atoms with Gasteiger partial charge >= 0.3 is 6.03 Å². The van der Waals surface area contributed by atoms with E-state index < -0.39 is 0 Å². The number of aromatic nitrogens is 2. The van der Waals surface area contributed by atoms with Crippen molar-refractivity contribution in [2.45, 2.75) is 33.4 Å². The first-order valence-corrected chi connectivity index (χ1v) is 10.2. The summed E-state index contributed by atoms with van der Waals surface area (Å²) in [4.78, 5) is 32.6. The van der Waals surface area contributed by atoms with E-state index in [0.29, 0.717) is 25.3 Å². The van der Waals surface area contributed by atoms with Crippen molar-refractivity contribution in [2.75, 3.05) is 25.5 Å². The van der Waals surface area contributed by atoms with E-state index >= 15 is 0 Å². The molecule has 0 fully saturated rings. The molecule has 0 aliphatic carbocycles. The van der Waals surface area contributed by atoms with Crippen LogP contribution in [-0.2, 0) is 11.3 Å². The lowest BCUT2D eigenvalue weighted by molar-refractivity contribution is -0.131. The zero-order chi connectivity index (χ0) is 21.7. The molecule has 1 N–H and O–H groups in total. The summed E-state index contributed by atoms with van der Waals surface area (Å²) in [5.41, 5.74) is 2.70. The molecule has 0 radical (unpaired) electrons. The molecule has 0 saturated heterocycles. The van der Waals surface area contributed by atoms with Crippen LogP contribution < -0.4 is 5.32 Å². The highest BCUT2D eigenvalue weighted by atomic mass is 16.2. The lowest BCUT2D eigenvalue weighted by Gasteiger charge is -2.25. The van der Waals surface area contributed by atoms with Gasteiger partial charge in [-0.3, -0.25) is 9.78 Å². The number of likely N-dealkylation sites (N-methyl/N-ethyl adjacent to an activating group) is 1. The summed E-state index contributed by atoms with van der Waals surface area (Å²) >= 11 is 0. The van der Waals surface area contributed by atoms with Gasteiger partial charge in [-0.05, 0) is 62.7 Å². The standard InChI is InChI=1S/C23H29N5O2/c1-5-27(6-2)22(29)16-28-14-11-19-15-20(7-8-21(19)28)25-23(30)26(4)17(3)18-9-12-24-13-10-18/h7-15,17H,5-6,16H2,1-4H3,(H,25,30). The molecule has 3 aromatic rings. The number of hydrogen-bond acceptors (Lipinski definition) is 3. The Hall–Kier alpha value is -3.35. The molecule has 3 rings (SSSR count). The highest BCUT2D eigenvalue weighted by molar-refractivity contribution is 5.93. The Morgan fingerprint density at radius 1 is 1.10 bits per heavy atom. The summed E-state index contributed by atoms with van der Waals surface area (Å²) in [6.07, 6.45) is 5.36. The highest BCUT2D eigenvalue weighted by Crippen LogP contribution is 2.23. The van der Waals surface area contributed by atoms with Crippen LogP contribution in [0.4, 0.5) is 10.5 Å². The quantitative estimate of drug-likeness (QED) is 0.640. The Morgan fingerprint density at radius 3 is 2.47 bits per heavy atom. The monoisotopic (exact) mass is 407 g/mol. The van der Waals surface area contributed by atoms with E-state index in [1.54, 1.807) is 24.3 Å². The van der Waals surface area contributed by atoms with Crippen LogP contribution in [0.3, 0.4) is 0 Å². The third-order valence-corrected chi connectivity index (χ3v) is 5.53. The third kappa shape index (κ3) is 4.62. The molecule has 0 aliphatic heterocycles. The van der Waals surface area contributed by atoms with E-state index in [1.807, 2.05) is 72.8 Å². The van der Waals surface area contributed by atoms with Crippen molar-refractivity contribution in [3.63, 3.8) is 0 Å². The SMILES string of the molecule is CCN(CC)C(=O)Cn1ccc2cc(NC(=O)N(C)C(C)c3ccncc3)ccc21. The van der Waals surface area contributed by atoms with Crippen molar-refractivity contribution in [3.05, 3.63) is 60.6 Å². The average Bonchev–Trinajstić information content (AvgIpc) is 3.16. The van der Waals surface area contributed by atoms with Crippen molar-refractivity contribution >= 4 is 28.5 Å². The predicted octanol–water partition coefficient (Wildman–Crippen LogP) is 4.13. The number of hydrogen-bond donors (Lipinski definition) is 1. The Bertz CT molecular complexity index is 1010. The van der Waals surface area contributed by atoms with E-state index in [9.17, 15) is 9.59 Å². The fourth-order valence-corrected chi connectivity index (χ4v) is 3.49. The smallest absolute Gasteiger partial charge is 0.322 e. The lowest BCUT2D eigenvalue weighted by atomic mass is 10.1. The Labute approximate surface area is 177 Å². The predicted molar refractivity (Wildman–Crippen MR) is 119 cm³/mol. The van der Waals surface area contributed by atoms with Crippen LogP contribution in [0.1, 0.15) is 32.4 Å². The number of pyridine rings is 1. The third-order valence-electron chi connectivity index (χ3n) is 5.53. The van der Waals surface area contributed by atoms with Crippen LogP contribution in [0.5, 0.6) is 0 Å². The van der Waals surface area contributed by atoms with Crippen molar-refractivity contribution in [1.82, 2.24) is 19.4 Å². The first-order valence-electron chi connectivity index (χ1n) is 10.2. The molecule has 0 saturated carbocycles. The minimum Gasteiger partial charge on any atom is -0.342 e. The maximum absolute atomic E-state index is 12.7. The number of nitrogens with one attached hydrogen (secondary N) is 1. The minimum atomic E-state index is -0.185. The molecule has 0 aliphatic rings. The van der Waals surface area contributed by atoms with Gasteiger partial charge in [0.15, 0.2) is 0 Å². The van der Waals surface area contributed by atoms with E-state index in [-0.39, 0.29) is 18.0 Å².